The smallest absolute Gasteiger partial charge is 0.335 e. The normalized spacial score (nSPS) is 14.7. The molecular weight excluding hydrogens is 472 g/mol. The number of ether oxygens (including phenoxy) is 3. The van der Waals surface area contributed by atoms with Crippen LogP contribution in [-0.4, -0.2) is 32.1 Å². The van der Waals surface area contributed by atoms with E-state index in [1.165, 1.54) is 20.3 Å². The van der Waals surface area contributed by atoms with Gasteiger partial charge in [-0.3, -0.25) is 14.9 Å². The first kappa shape index (κ1) is 23.8. The van der Waals surface area contributed by atoms with Crippen molar-refractivity contribution in [1.82, 2.24) is 5.32 Å². The zero-order chi connectivity index (χ0) is 24.9. The summed E-state index contributed by atoms with van der Waals surface area (Å²) in [5.41, 5.74) is 1.41. The van der Waals surface area contributed by atoms with Gasteiger partial charge >= 0.3 is 6.03 Å². The highest BCUT2D eigenvalue weighted by Crippen LogP contribution is 2.30. The monoisotopic (exact) mass is 492 g/mol. The van der Waals surface area contributed by atoms with Crippen LogP contribution >= 0.6 is 11.6 Å². The first-order valence-corrected chi connectivity index (χ1v) is 10.9. The van der Waals surface area contributed by atoms with Crippen molar-refractivity contribution in [2.45, 2.75) is 6.61 Å². The molecule has 4 rings (SSSR count). The van der Waals surface area contributed by atoms with E-state index in [0.29, 0.717) is 33.5 Å². The number of rotatable bonds is 7. The van der Waals surface area contributed by atoms with Crippen molar-refractivity contribution in [3.05, 3.63) is 88.5 Å². The van der Waals surface area contributed by atoms with Crippen molar-refractivity contribution in [1.29, 1.82) is 0 Å². The van der Waals surface area contributed by atoms with Crippen LogP contribution in [0.25, 0.3) is 6.08 Å². The van der Waals surface area contributed by atoms with Crippen molar-refractivity contribution in [2.24, 2.45) is 0 Å². The molecule has 1 N–H and O–H groups in total. The zero-order valence-electron chi connectivity index (χ0n) is 18.9. The van der Waals surface area contributed by atoms with Crippen LogP contribution in [-0.2, 0) is 16.2 Å². The quantitative estimate of drug-likeness (QED) is 0.382. The van der Waals surface area contributed by atoms with E-state index in [4.69, 9.17) is 25.8 Å². The zero-order valence-corrected chi connectivity index (χ0v) is 19.7. The van der Waals surface area contributed by atoms with Gasteiger partial charge in [0.1, 0.15) is 29.4 Å². The average Bonchev–Trinajstić information content (AvgIpc) is 2.87. The molecule has 4 amide bonds. The molecule has 9 heteroatoms. The Morgan fingerprint density at radius 1 is 0.886 bits per heavy atom. The summed E-state index contributed by atoms with van der Waals surface area (Å²) in [6.45, 7) is 0.219. The maximum absolute atomic E-state index is 13.2. The Bertz CT molecular complexity index is 1300. The van der Waals surface area contributed by atoms with E-state index in [9.17, 15) is 14.4 Å². The lowest BCUT2D eigenvalue weighted by atomic mass is 10.1. The Hall–Kier alpha value is -4.30. The van der Waals surface area contributed by atoms with Gasteiger partial charge in [-0.1, -0.05) is 23.7 Å². The van der Waals surface area contributed by atoms with Gasteiger partial charge in [0.05, 0.1) is 19.9 Å². The van der Waals surface area contributed by atoms with Gasteiger partial charge in [0, 0.05) is 16.7 Å². The summed E-state index contributed by atoms with van der Waals surface area (Å²) in [4.78, 5) is 39.2. The highest BCUT2D eigenvalue weighted by molar-refractivity contribution is 6.39. The summed E-state index contributed by atoms with van der Waals surface area (Å²) in [5, 5.41) is 2.82. The molecule has 3 aromatic carbocycles. The molecular formula is C26H21ClN2O6. The minimum atomic E-state index is -0.837. The van der Waals surface area contributed by atoms with Crippen LogP contribution in [0.5, 0.6) is 17.2 Å². The van der Waals surface area contributed by atoms with E-state index in [0.717, 1.165) is 10.5 Å². The molecule has 3 aromatic rings. The first-order chi connectivity index (χ1) is 16.9. The molecule has 0 radical (unpaired) electrons. The Morgan fingerprint density at radius 3 is 2.20 bits per heavy atom. The third-order valence-electron chi connectivity index (χ3n) is 5.26. The lowest BCUT2D eigenvalue weighted by Crippen LogP contribution is -2.54. The van der Waals surface area contributed by atoms with Crippen LogP contribution < -0.4 is 24.4 Å². The number of nitrogens with one attached hydrogen (secondary N) is 1. The molecule has 1 saturated heterocycles. The fourth-order valence-electron chi connectivity index (χ4n) is 3.41. The topological polar surface area (TPSA) is 94.2 Å². The van der Waals surface area contributed by atoms with E-state index < -0.39 is 17.8 Å². The van der Waals surface area contributed by atoms with Crippen LogP contribution in [0.4, 0.5) is 10.5 Å². The van der Waals surface area contributed by atoms with Crippen LogP contribution in [0.3, 0.4) is 0 Å². The van der Waals surface area contributed by atoms with Crippen molar-refractivity contribution in [3.8, 4) is 17.2 Å². The maximum atomic E-state index is 13.2. The van der Waals surface area contributed by atoms with Gasteiger partial charge in [-0.25, -0.2) is 9.69 Å². The second-order valence-electron chi connectivity index (χ2n) is 7.47. The predicted molar refractivity (Wildman–Crippen MR) is 131 cm³/mol. The summed E-state index contributed by atoms with van der Waals surface area (Å²) in [6.07, 6.45) is 1.39. The minimum absolute atomic E-state index is 0.219. The Labute approximate surface area is 206 Å². The number of carbonyl (C=O) groups is 3. The van der Waals surface area contributed by atoms with Crippen LogP contribution in [0, 0.1) is 0 Å². The Kier molecular flexibility index (Phi) is 7.03. The average molecular weight is 493 g/mol. The molecule has 0 saturated carbocycles. The van der Waals surface area contributed by atoms with E-state index in [1.54, 1.807) is 54.6 Å². The number of carbonyl (C=O) groups excluding carboxylic acids is 3. The number of amides is 4. The van der Waals surface area contributed by atoms with Gasteiger partial charge in [-0.2, -0.15) is 0 Å². The first-order valence-electron chi connectivity index (χ1n) is 10.5. The fourth-order valence-corrected chi connectivity index (χ4v) is 3.53. The summed E-state index contributed by atoms with van der Waals surface area (Å²) in [7, 11) is 3.03. The van der Waals surface area contributed by atoms with Gasteiger partial charge < -0.3 is 14.2 Å². The number of hydrogen-bond donors (Lipinski definition) is 1. The van der Waals surface area contributed by atoms with E-state index in [1.807, 2.05) is 12.1 Å². The highest BCUT2D eigenvalue weighted by Gasteiger charge is 2.37. The standard InChI is InChI=1S/C26H21ClN2O6/c1-33-20-11-8-19(9-12-20)29-25(31)22(24(30)28-26(29)32)13-17-5-10-21(34-2)14-23(17)35-15-16-3-6-18(27)7-4-16/h3-14H,15H2,1-2H3,(H,28,30,32)/b22-13+. The van der Waals surface area contributed by atoms with Crippen molar-refractivity contribution < 1.29 is 28.6 Å². The molecule has 35 heavy (non-hydrogen) atoms. The summed E-state index contributed by atoms with van der Waals surface area (Å²) in [5.74, 6) is -0.0770. The van der Waals surface area contributed by atoms with Gasteiger partial charge in [-0.05, 0) is 60.2 Å². The molecule has 1 heterocycles. The number of barbiturate groups is 1. The maximum Gasteiger partial charge on any atom is 0.335 e. The van der Waals surface area contributed by atoms with Crippen molar-refractivity contribution in [2.75, 3.05) is 19.1 Å². The lowest BCUT2D eigenvalue weighted by Gasteiger charge is -2.26. The number of anilines is 1. The highest BCUT2D eigenvalue weighted by atomic mass is 35.5. The van der Waals surface area contributed by atoms with E-state index >= 15 is 0 Å². The van der Waals surface area contributed by atoms with Crippen LogP contribution in [0.1, 0.15) is 11.1 Å². The molecule has 0 aliphatic carbocycles. The summed E-state index contributed by atoms with van der Waals surface area (Å²) >= 11 is 5.94. The van der Waals surface area contributed by atoms with Gasteiger partial charge in [0.2, 0.25) is 0 Å². The number of methoxy groups -OCH3 is 2. The Balaban J connectivity index is 1.66. The number of halogens is 1. The number of nitrogens with zero attached hydrogens (tertiary/aromatic N) is 1. The molecule has 0 bridgehead atoms. The third kappa shape index (κ3) is 5.28. The molecule has 0 aromatic heterocycles. The molecule has 178 valence electrons. The predicted octanol–water partition coefficient (Wildman–Crippen LogP) is 4.60. The largest absolute Gasteiger partial charge is 0.497 e. The number of benzene rings is 3. The molecule has 0 unspecified atom stereocenters. The van der Waals surface area contributed by atoms with Gasteiger partial charge in [-0.15, -0.1) is 0 Å². The second kappa shape index (κ2) is 10.3. The number of hydrogen-bond acceptors (Lipinski definition) is 6. The molecule has 1 aliphatic heterocycles. The molecule has 1 aliphatic rings. The SMILES string of the molecule is COc1ccc(N2C(=O)NC(=O)/C(=C\c3ccc(OC)cc3OCc3ccc(Cl)cc3)C2=O)cc1. The number of imide groups is 2. The molecule has 0 atom stereocenters. The Morgan fingerprint density at radius 2 is 1.54 bits per heavy atom. The van der Waals surface area contributed by atoms with Crippen molar-refractivity contribution >= 4 is 41.2 Å². The molecule has 8 nitrogen and oxygen atoms in total. The van der Waals surface area contributed by atoms with Gasteiger partial charge in [0.15, 0.2) is 0 Å². The second-order valence-corrected chi connectivity index (χ2v) is 7.91. The van der Waals surface area contributed by atoms with Crippen LogP contribution in [0.15, 0.2) is 72.3 Å². The summed E-state index contributed by atoms with van der Waals surface area (Å²) < 4.78 is 16.4. The third-order valence-corrected chi connectivity index (χ3v) is 5.51. The summed E-state index contributed by atoms with van der Waals surface area (Å²) in [6, 6.07) is 17.7. The van der Waals surface area contributed by atoms with Gasteiger partial charge in [0.25, 0.3) is 11.8 Å². The van der Waals surface area contributed by atoms with Crippen molar-refractivity contribution in [3.63, 3.8) is 0 Å². The van der Waals surface area contributed by atoms with E-state index in [2.05, 4.69) is 5.32 Å². The minimum Gasteiger partial charge on any atom is -0.497 e. The number of urea groups is 1. The van der Waals surface area contributed by atoms with Crippen LogP contribution in [0.2, 0.25) is 5.02 Å². The van der Waals surface area contributed by atoms with E-state index in [-0.39, 0.29) is 12.2 Å². The molecule has 0 spiro atoms. The lowest BCUT2D eigenvalue weighted by molar-refractivity contribution is -0.122. The molecule has 1 fully saturated rings. The fraction of sp³-hybridized carbons (Fsp3) is 0.115.